The minimum absolute atomic E-state index is 0.0680. The maximum absolute atomic E-state index is 12.7. The average Bonchev–Trinajstić information content (AvgIpc) is 3.32. The van der Waals surface area contributed by atoms with Crippen LogP contribution >= 0.6 is 11.6 Å². The van der Waals surface area contributed by atoms with E-state index in [9.17, 15) is 10.1 Å². The smallest absolute Gasteiger partial charge is 0.262 e. The summed E-state index contributed by atoms with van der Waals surface area (Å²) < 4.78 is 22.1. The third-order valence-electron chi connectivity index (χ3n) is 5.06. The van der Waals surface area contributed by atoms with Crippen molar-refractivity contribution in [1.82, 2.24) is 5.32 Å². The van der Waals surface area contributed by atoms with Gasteiger partial charge in [-0.1, -0.05) is 41.9 Å². The van der Waals surface area contributed by atoms with Crippen molar-refractivity contribution in [2.75, 3.05) is 13.9 Å². The Morgan fingerprint density at radius 1 is 1.12 bits per heavy atom. The number of benzene rings is 3. The number of ether oxygens (including phenoxy) is 4. The zero-order valence-corrected chi connectivity index (χ0v) is 19.1. The number of nitrogens with zero attached hydrogens (tertiary/aromatic N) is 1. The first-order chi connectivity index (χ1) is 16.6. The van der Waals surface area contributed by atoms with Gasteiger partial charge in [0.2, 0.25) is 6.79 Å². The Hall–Kier alpha value is -4.15. The van der Waals surface area contributed by atoms with Crippen molar-refractivity contribution < 1.29 is 23.7 Å². The van der Waals surface area contributed by atoms with Crippen LogP contribution in [0, 0.1) is 11.3 Å². The molecule has 7 nitrogen and oxygen atoms in total. The van der Waals surface area contributed by atoms with Crippen molar-refractivity contribution in [3.8, 4) is 29.1 Å². The van der Waals surface area contributed by atoms with Crippen LogP contribution in [0.5, 0.6) is 23.0 Å². The summed E-state index contributed by atoms with van der Waals surface area (Å²) in [5, 5.41) is 13.0. The molecule has 0 radical (unpaired) electrons. The lowest BCUT2D eigenvalue weighted by Gasteiger charge is -2.14. The van der Waals surface area contributed by atoms with Crippen LogP contribution in [0.4, 0.5) is 0 Å². The largest absolute Gasteiger partial charge is 0.493 e. The fourth-order valence-electron chi connectivity index (χ4n) is 3.38. The van der Waals surface area contributed by atoms with Crippen molar-refractivity contribution in [3.05, 3.63) is 87.9 Å². The fourth-order valence-corrected chi connectivity index (χ4v) is 3.59. The van der Waals surface area contributed by atoms with E-state index in [1.54, 1.807) is 42.5 Å². The highest BCUT2D eigenvalue weighted by molar-refractivity contribution is 6.30. The van der Waals surface area contributed by atoms with Gasteiger partial charge in [-0.15, -0.1) is 0 Å². The number of amides is 1. The molecule has 1 amide bonds. The second-order valence-corrected chi connectivity index (χ2v) is 7.77. The van der Waals surface area contributed by atoms with Crippen molar-refractivity contribution in [3.63, 3.8) is 0 Å². The first-order valence-electron chi connectivity index (χ1n) is 10.4. The van der Waals surface area contributed by atoms with E-state index in [2.05, 4.69) is 5.32 Å². The van der Waals surface area contributed by atoms with E-state index in [0.29, 0.717) is 33.6 Å². The topological polar surface area (TPSA) is 89.8 Å². The predicted octanol–water partition coefficient (Wildman–Crippen LogP) is 4.88. The van der Waals surface area contributed by atoms with Crippen molar-refractivity contribution in [1.29, 1.82) is 5.26 Å². The molecule has 172 valence electrons. The number of methoxy groups -OCH3 is 1. The minimum atomic E-state index is -0.510. The predicted molar refractivity (Wildman–Crippen MR) is 127 cm³/mol. The van der Waals surface area contributed by atoms with Crippen LogP contribution in [0.3, 0.4) is 0 Å². The van der Waals surface area contributed by atoms with Crippen molar-refractivity contribution in [2.45, 2.75) is 13.2 Å². The highest BCUT2D eigenvalue weighted by Gasteiger charge is 2.16. The molecule has 8 heteroatoms. The molecule has 0 unspecified atom stereocenters. The van der Waals surface area contributed by atoms with Crippen LogP contribution in [0.25, 0.3) is 6.08 Å². The van der Waals surface area contributed by atoms with Crippen LogP contribution < -0.4 is 24.3 Å². The number of nitriles is 1. The Labute approximate surface area is 202 Å². The van der Waals surface area contributed by atoms with Gasteiger partial charge in [-0.3, -0.25) is 4.79 Å². The molecule has 0 saturated heterocycles. The maximum atomic E-state index is 12.7. The molecule has 0 spiro atoms. The number of carbonyl (C=O) groups is 1. The van der Waals surface area contributed by atoms with Crippen molar-refractivity contribution >= 4 is 23.6 Å². The highest BCUT2D eigenvalue weighted by atomic mass is 35.5. The summed E-state index contributed by atoms with van der Waals surface area (Å²) in [5.74, 6) is 1.68. The van der Waals surface area contributed by atoms with E-state index >= 15 is 0 Å². The first-order valence-corrected chi connectivity index (χ1v) is 10.8. The number of fused-ring (bicyclic) bond motifs is 1. The van der Waals surface area contributed by atoms with Gasteiger partial charge in [-0.2, -0.15) is 5.26 Å². The Morgan fingerprint density at radius 2 is 1.94 bits per heavy atom. The van der Waals surface area contributed by atoms with Crippen LogP contribution in [0.15, 0.2) is 66.2 Å². The molecule has 3 aromatic rings. The number of hydrogen-bond donors (Lipinski definition) is 1. The lowest BCUT2D eigenvalue weighted by Crippen LogP contribution is -2.24. The zero-order chi connectivity index (χ0) is 23.9. The molecule has 34 heavy (non-hydrogen) atoms. The second-order valence-electron chi connectivity index (χ2n) is 7.34. The van der Waals surface area contributed by atoms with Gasteiger partial charge in [-0.25, -0.2) is 0 Å². The van der Waals surface area contributed by atoms with Gasteiger partial charge in [0.05, 0.1) is 7.11 Å². The minimum Gasteiger partial charge on any atom is -0.493 e. The Morgan fingerprint density at radius 3 is 2.74 bits per heavy atom. The third kappa shape index (κ3) is 5.42. The highest BCUT2D eigenvalue weighted by Crippen LogP contribution is 2.34. The Balaban J connectivity index is 1.51. The lowest BCUT2D eigenvalue weighted by molar-refractivity contribution is -0.117. The fraction of sp³-hybridized carbons (Fsp3) is 0.154. The van der Waals surface area contributed by atoms with Crippen LogP contribution in [-0.4, -0.2) is 19.8 Å². The summed E-state index contributed by atoms with van der Waals surface area (Å²) in [4.78, 5) is 12.7. The summed E-state index contributed by atoms with van der Waals surface area (Å²) in [6, 6.07) is 19.9. The monoisotopic (exact) mass is 476 g/mol. The average molecular weight is 477 g/mol. The molecule has 1 heterocycles. The summed E-state index contributed by atoms with van der Waals surface area (Å²) in [6.45, 7) is 0.638. The molecule has 0 aromatic heterocycles. The maximum Gasteiger partial charge on any atom is 0.262 e. The number of carbonyl (C=O) groups excluding carboxylic acids is 1. The number of para-hydroxylation sites is 1. The second kappa shape index (κ2) is 10.6. The van der Waals surface area contributed by atoms with E-state index in [0.717, 1.165) is 11.1 Å². The van der Waals surface area contributed by atoms with Gasteiger partial charge >= 0.3 is 0 Å². The molecule has 0 bridgehead atoms. The SMILES string of the molecule is COc1cccc(C=C(C#N)C(=O)NCc2ccc3c(c2)OCO3)c1OCc1cccc(Cl)c1. The molecule has 1 aliphatic heterocycles. The van der Waals surface area contributed by atoms with Crippen LogP contribution in [0.1, 0.15) is 16.7 Å². The standard InChI is InChI=1S/C26H21ClN2O5/c1-31-23-7-3-5-19(25(23)32-15-18-4-2-6-21(27)10-18)12-20(13-28)26(30)29-14-17-8-9-22-24(11-17)34-16-33-22/h2-12H,14-16H2,1H3,(H,29,30). The summed E-state index contributed by atoms with van der Waals surface area (Å²) in [7, 11) is 1.53. The molecule has 3 aromatic carbocycles. The summed E-state index contributed by atoms with van der Waals surface area (Å²) in [5.41, 5.74) is 2.16. The third-order valence-corrected chi connectivity index (χ3v) is 5.29. The molecule has 4 rings (SSSR count). The molecule has 1 aliphatic rings. The molecular formula is C26H21ClN2O5. The van der Waals surface area contributed by atoms with Gasteiger partial charge in [0.25, 0.3) is 5.91 Å². The molecule has 0 aliphatic carbocycles. The van der Waals surface area contributed by atoms with Gasteiger partial charge in [0, 0.05) is 17.1 Å². The molecule has 0 atom stereocenters. The molecular weight excluding hydrogens is 456 g/mol. The van der Waals surface area contributed by atoms with Gasteiger partial charge < -0.3 is 24.3 Å². The van der Waals surface area contributed by atoms with Gasteiger partial charge in [0.15, 0.2) is 23.0 Å². The van der Waals surface area contributed by atoms with Crippen LogP contribution in [0.2, 0.25) is 5.02 Å². The van der Waals surface area contributed by atoms with Gasteiger partial charge in [0.1, 0.15) is 18.2 Å². The van der Waals surface area contributed by atoms with Gasteiger partial charge in [-0.05, 0) is 47.5 Å². The molecule has 1 N–H and O–H groups in total. The van der Waals surface area contributed by atoms with Crippen LogP contribution in [-0.2, 0) is 17.9 Å². The molecule has 0 fully saturated rings. The van der Waals surface area contributed by atoms with E-state index in [4.69, 9.17) is 30.5 Å². The van der Waals surface area contributed by atoms with Crippen molar-refractivity contribution in [2.24, 2.45) is 0 Å². The van der Waals surface area contributed by atoms with E-state index in [-0.39, 0.29) is 25.5 Å². The first kappa shape index (κ1) is 23.0. The zero-order valence-electron chi connectivity index (χ0n) is 18.3. The summed E-state index contributed by atoms with van der Waals surface area (Å²) >= 11 is 6.06. The van der Waals surface area contributed by atoms with E-state index in [1.165, 1.54) is 13.2 Å². The quantitative estimate of drug-likeness (QED) is 0.368. The van der Waals surface area contributed by atoms with E-state index < -0.39 is 5.91 Å². The lowest BCUT2D eigenvalue weighted by atomic mass is 10.1. The Kier molecular flexibility index (Phi) is 7.21. The number of rotatable bonds is 8. The molecule has 0 saturated carbocycles. The normalized spacial score (nSPS) is 12.1. The van der Waals surface area contributed by atoms with E-state index in [1.807, 2.05) is 24.3 Å². The number of halogens is 1. The number of nitrogens with one attached hydrogen (secondary N) is 1. The summed E-state index contributed by atoms with van der Waals surface area (Å²) in [6.07, 6.45) is 1.48. The number of hydrogen-bond acceptors (Lipinski definition) is 6. The Bertz CT molecular complexity index is 1280.